The zero-order valence-electron chi connectivity index (χ0n) is 18.8. The number of hydrogen-bond donors (Lipinski definition) is 2. The number of nitrogens with one attached hydrogen (secondary N) is 2. The minimum absolute atomic E-state index is 0.203. The third kappa shape index (κ3) is 4.34. The second kappa shape index (κ2) is 9.21. The van der Waals surface area contributed by atoms with Gasteiger partial charge in [0, 0.05) is 11.4 Å². The maximum absolute atomic E-state index is 13.5. The molecule has 0 bridgehead atoms. The second-order valence-electron chi connectivity index (χ2n) is 8.06. The Labute approximate surface area is 187 Å². The van der Waals surface area contributed by atoms with Crippen LogP contribution < -0.4 is 15.4 Å². The molecule has 4 rings (SSSR count). The number of benzene rings is 2. The van der Waals surface area contributed by atoms with Gasteiger partial charge in [-0.2, -0.15) is 4.68 Å². The van der Waals surface area contributed by atoms with Gasteiger partial charge in [-0.3, -0.25) is 4.79 Å². The van der Waals surface area contributed by atoms with E-state index in [2.05, 4.69) is 33.1 Å². The largest absolute Gasteiger partial charge is 0.494 e. The van der Waals surface area contributed by atoms with Crippen molar-refractivity contribution in [2.75, 3.05) is 17.2 Å². The number of rotatable bonds is 7. The van der Waals surface area contributed by atoms with Crippen molar-refractivity contribution in [3.05, 3.63) is 70.4 Å². The van der Waals surface area contributed by atoms with Gasteiger partial charge in [-0.05, 0) is 66.9 Å². The summed E-state index contributed by atoms with van der Waals surface area (Å²) in [6.07, 6.45) is 2.05. The van der Waals surface area contributed by atoms with Crippen LogP contribution in [0.3, 0.4) is 0 Å². The van der Waals surface area contributed by atoms with Crippen LogP contribution in [-0.4, -0.2) is 32.7 Å². The van der Waals surface area contributed by atoms with Crippen LogP contribution in [0.2, 0.25) is 0 Å². The van der Waals surface area contributed by atoms with Crippen molar-refractivity contribution in [1.29, 1.82) is 0 Å². The highest BCUT2D eigenvalue weighted by atomic mass is 16.5. The van der Waals surface area contributed by atoms with E-state index in [1.807, 2.05) is 63.2 Å². The summed E-state index contributed by atoms with van der Waals surface area (Å²) < 4.78 is 7.53. The summed E-state index contributed by atoms with van der Waals surface area (Å²) in [5.41, 5.74) is 5.06. The van der Waals surface area contributed by atoms with E-state index in [0.717, 1.165) is 41.0 Å². The summed E-state index contributed by atoms with van der Waals surface area (Å²) in [4.78, 5) is 13.5. The summed E-state index contributed by atoms with van der Waals surface area (Å²) in [6, 6.07) is 13.2. The van der Waals surface area contributed by atoms with Crippen molar-refractivity contribution in [3.63, 3.8) is 0 Å². The van der Waals surface area contributed by atoms with Crippen LogP contribution in [-0.2, 0) is 4.79 Å². The number of hydrogen-bond acceptors (Lipinski definition) is 6. The highest BCUT2D eigenvalue weighted by Crippen LogP contribution is 2.36. The number of carbonyl (C=O) groups excluding carboxylic acids is 1. The summed E-state index contributed by atoms with van der Waals surface area (Å²) in [5.74, 6) is 1.05. The Balaban J connectivity index is 1.70. The molecule has 0 saturated carbocycles. The van der Waals surface area contributed by atoms with Crippen molar-refractivity contribution in [1.82, 2.24) is 20.2 Å². The van der Waals surface area contributed by atoms with Crippen molar-refractivity contribution in [2.24, 2.45) is 0 Å². The van der Waals surface area contributed by atoms with E-state index in [1.54, 1.807) is 4.68 Å². The quantitative estimate of drug-likeness (QED) is 0.538. The minimum Gasteiger partial charge on any atom is -0.494 e. The fraction of sp³-hybridized carbons (Fsp3) is 0.333. The minimum atomic E-state index is -0.485. The molecule has 8 heteroatoms. The molecule has 1 unspecified atom stereocenters. The topological polar surface area (TPSA) is 94.0 Å². The van der Waals surface area contributed by atoms with Gasteiger partial charge in [0.05, 0.1) is 12.2 Å². The molecule has 0 saturated heterocycles. The second-order valence-corrected chi connectivity index (χ2v) is 8.06. The predicted octanol–water partition coefficient (Wildman–Crippen LogP) is 4.40. The summed E-state index contributed by atoms with van der Waals surface area (Å²) in [6.45, 7) is 8.65. The molecule has 0 spiro atoms. The van der Waals surface area contributed by atoms with Gasteiger partial charge in [0.2, 0.25) is 5.95 Å². The van der Waals surface area contributed by atoms with Gasteiger partial charge in [0.15, 0.2) is 0 Å². The first kappa shape index (κ1) is 21.5. The Morgan fingerprint density at radius 3 is 2.81 bits per heavy atom. The molecule has 2 aromatic carbocycles. The van der Waals surface area contributed by atoms with Gasteiger partial charge in [-0.25, -0.2) is 0 Å². The van der Waals surface area contributed by atoms with Crippen molar-refractivity contribution < 1.29 is 9.53 Å². The molecule has 0 fully saturated rings. The third-order valence-electron chi connectivity index (χ3n) is 5.53. The molecule has 8 nitrogen and oxygen atoms in total. The molecule has 32 heavy (non-hydrogen) atoms. The lowest BCUT2D eigenvalue weighted by molar-refractivity contribution is -0.113. The average Bonchev–Trinajstić information content (AvgIpc) is 3.23. The number of aromatic nitrogens is 4. The Morgan fingerprint density at radius 2 is 2.03 bits per heavy atom. The molecule has 2 N–H and O–H groups in total. The number of carbonyl (C=O) groups is 1. The fourth-order valence-electron chi connectivity index (χ4n) is 3.87. The van der Waals surface area contributed by atoms with E-state index < -0.39 is 6.04 Å². The molecule has 3 aromatic rings. The average molecular weight is 433 g/mol. The standard InChI is InChI=1S/C24H28N6O2/c1-5-6-12-32-19-9-7-8-18(14-19)22-21(17(4)25-24-27-28-29-30(22)24)23(31)26-20-11-10-15(2)13-16(20)3/h7-11,13-14,22H,5-6,12H2,1-4H3,(H,26,31)(H,25,27,29). The van der Waals surface area contributed by atoms with Crippen molar-refractivity contribution in [2.45, 2.75) is 46.6 Å². The lowest BCUT2D eigenvalue weighted by Gasteiger charge is -2.28. The van der Waals surface area contributed by atoms with Gasteiger partial charge in [0.25, 0.3) is 5.91 Å². The van der Waals surface area contributed by atoms with Crippen molar-refractivity contribution in [3.8, 4) is 5.75 Å². The lowest BCUT2D eigenvalue weighted by atomic mass is 9.94. The SMILES string of the molecule is CCCCOc1cccc(C2C(C(=O)Nc3ccc(C)cc3C)=C(C)Nc3nnnn32)c1. The summed E-state index contributed by atoms with van der Waals surface area (Å²) >= 11 is 0. The number of tetrazole rings is 1. The van der Waals surface area contributed by atoms with Gasteiger partial charge in [0.1, 0.15) is 11.8 Å². The van der Waals surface area contributed by atoms with Gasteiger partial charge >= 0.3 is 0 Å². The van der Waals surface area contributed by atoms with Crippen LogP contribution in [0.25, 0.3) is 0 Å². The smallest absolute Gasteiger partial charge is 0.255 e. The van der Waals surface area contributed by atoms with E-state index in [1.165, 1.54) is 0 Å². The van der Waals surface area contributed by atoms with E-state index in [4.69, 9.17) is 4.74 Å². The number of fused-ring (bicyclic) bond motifs is 1. The van der Waals surface area contributed by atoms with Crippen LogP contribution in [0, 0.1) is 13.8 Å². The number of nitrogens with zero attached hydrogens (tertiary/aromatic N) is 4. The first-order valence-electron chi connectivity index (χ1n) is 10.8. The van der Waals surface area contributed by atoms with Gasteiger partial charge in [-0.15, -0.1) is 0 Å². The molecular weight excluding hydrogens is 404 g/mol. The summed E-state index contributed by atoms with van der Waals surface area (Å²) in [5, 5.41) is 18.2. The Hall–Kier alpha value is -3.68. The summed E-state index contributed by atoms with van der Waals surface area (Å²) in [7, 11) is 0. The molecule has 1 atom stereocenters. The Kier molecular flexibility index (Phi) is 6.20. The highest BCUT2D eigenvalue weighted by molar-refractivity contribution is 6.06. The molecule has 2 heterocycles. The number of allylic oxidation sites excluding steroid dienone is 1. The molecule has 0 radical (unpaired) electrons. The van der Waals surface area contributed by atoms with Crippen LogP contribution in [0.4, 0.5) is 11.6 Å². The number of anilines is 2. The molecule has 1 amide bonds. The zero-order chi connectivity index (χ0) is 22.7. The molecule has 166 valence electrons. The third-order valence-corrected chi connectivity index (χ3v) is 5.53. The normalized spacial score (nSPS) is 15.2. The molecule has 1 aromatic heterocycles. The zero-order valence-corrected chi connectivity index (χ0v) is 18.8. The number of amides is 1. The van der Waals surface area contributed by atoms with E-state index in [-0.39, 0.29) is 5.91 Å². The van der Waals surface area contributed by atoms with Crippen LogP contribution >= 0.6 is 0 Å². The Bertz CT molecular complexity index is 1170. The van der Waals surface area contributed by atoms with Crippen LogP contribution in [0.1, 0.15) is 49.4 Å². The first-order valence-corrected chi connectivity index (χ1v) is 10.8. The maximum Gasteiger partial charge on any atom is 0.255 e. The number of unbranched alkanes of at least 4 members (excludes halogenated alkanes) is 1. The molecule has 1 aliphatic heterocycles. The van der Waals surface area contributed by atoms with Crippen LogP contribution in [0.15, 0.2) is 53.7 Å². The predicted molar refractivity (Wildman–Crippen MR) is 124 cm³/mol. The molecule has 0 aliphatic carbocycles. The van der Waals surface area contributed by atoms with Crippen LogP contribution in [0.5, 0.6) is 5.75 Å². The Morgan fingerprint density at radius 1 is 1.19 bits per heavy atom. The van der Waals surface area contributed by atoms with E-state index in [0.29, 0.717) is 23.8 Å². The lowest BCUT2D eigenvalue weighted by Crippen LogP contribution is -2.31. The van der Waals surface area contributed by atoms with E-state index >= 15 is 0 Å². The number of ether oxygens (including phenoxy) is 1. The first-order chi connectivity index (χ1) is 15.5. The number of aryl methyl sites for hydroxylation is 2. The van der Waals surface area contributed by atoms with Crippen molar-refractivity contribution >= 4 is 17.5 Å². The molecule has 1 aliphatic rings. The monoisotopic (exact) mass is 432 g/mol. The molecular formula is C24H28N6O2. The van der Waals surface area contributed by atoms with Gasteiger partial charge < -0.3 is 15.4 Å². The highest BCUT2D eigenvalue weighted by Gasteiger charge is 2.34. The van der Waals surface area contributed by atoms with Gasteiger partial charge in [-0.1, -0.05) is 48.3 Å². The maximum atomic E-state index is 13.5. The van der Waals surface area contributed by atoms with E-state index in [9.17, 15) is 4.79 Å². The fourth-order valence-corrected chi connectivity index (χ4v) is 3.87.